The number of methoxy groups -OCH3 is 1. The molecule has 0 N–H and O–H groups in total. The zero-order chi connectivity index (χ0) is 21.4. The van der Waals surface area contributed by atoms with Gasteiger partial charge in [0.2, 0.25) is 5.91 Å². The number of nitrogens with zero attached hydrogens (tertiary/aromatic N) is 5. The van der Waals surface area contributed by atoms with E-state index in [1.165, 1.54) is 0 Å². The molecule has 2 aromatic heterocycles. The second-order valence-electron chi connectivity index (χ2n) is 8.58. The van der Waals surface area contributed by atoms with Gasteiger partial charge in [-0.1, -0.05) is 23.4 Å². The van der Waals surface area contributed by atoms with Gasteiger partial charge in [-0.05, 0) is 43.3 Å². The van der Waals surface area contributed by atoms with E-state index in [9.17, 15) is 4.79 Å². The second kappa shape index (κ2) is 7.77. The van der Waals surface area contributed by atoms with Crippen molar-refractivity contribution < 1.29 is 14.1 Å². The summed E-state index contributed by atoms with van der Waals surface area (Å²) in [4.78, 5) is 25.8. The van der Waals surface area contributed by atoms with Crippen molar-refractivity contribution in [2.75, 3.05) is 33.8 Å². The second-order valence-corrected chi connectivity index (χ2v) is 8.58. The first-order valence-corrected chi connectivity index (χ1v) is 10.4. The van der Waals surface area contributed by atoms with Crippen molar-refractivity contribution in [2.45, 2.75) is 18.9 Å². The molecule has 2 aliphatic heterocycles. The predicted octanol–water partition coefficient (Wildman–Crippen LogP) is 2.59. The molecule has 31 heavy (non-hydrogen) atoms. The van der Waals surface area contributed by atoms with Crippen LogP contribution in [-0.4, -0.2) is 64.6 Å². The fraction of sp³-hybridized carbons (Fsp3) is 0.391. The summed E-state index contributed by atoms with van der Waals surface area (Å²) in [6.45, 7) is 2.46. The van der Waals surface area contributed by atoms with Crippen LogP contribution in [0.1, 0.15) is 23.9 Å². The first-order valence-electron chi connectivity index (χ1n) is 10.4. The molecule has 0 bridgehead atoms. The van der Waals surface area contributed by atoms with Crippen LogP contribution in [0.5, 0.6) is 5.75 Å². The number of carbonyl (C=O) groups is 1. The topological polar surface area (TPSA) is 84.6 Å². The predicted molar refractivity (Wildman–Crippen MR) is 113 cm³/mol. The van der Waals surface area contributed by atoms with E-state index in [2.05, 4.69) is 27.1 Å². The van der Waals surface area contributed by atoms with Crippen molar-refractivity contribution in [3.63, 3.8) is 0 Å². The summed E-state index contributed by atoms with van der Waals surface area (Å²) in [5.74, 6) is 2.09. The third kappa shape index (κ3) is 3.79. The highest BCUT2D eigenvalue weighted by Crippen LogP contribution is 2.47. The molecule has 160 valence electrons. The molecule has 1 amide bonds. The number of aromatic nitrogens is 3. The van der Waals surface area contributed by atoms with Crippen molar-refractivity contribution in [3.05, 3.63) is 60.0 Å². The number of likely N-dealkylation sites (tertiary alicyclic amines) is 2. The lowest BCUT2D eigenvalue weighted by atomic mass is 9.77. The number of carbonyl (C=O) groups excluding carboxylic acids is 1. The fourth-order valence-corrected chi connectivity index (χ4v) is 4.72. The lowest BCUT2D eigenvalue weighted by molar-refractivity contribution is -0.141. The molecule has 8 nitrogen and oxygen atoms in total. The van der Waals surface area contributed by atoms with E-state index in [1.54, 1.807) is 13.3 Å². The first-order chi connectivity index (χ1) is 15.0. The summed E-state index contributed by atoms with van der Waals surface area (Å²) < 4.78 is 10.6. The van der Waals surface area contributed by atoms with Gasteiger partial charge in [-0.15, -0.1) is 0 Å². The van der Waals surface area contributed by atoms with Gasteiger partial charge in [0.1, 0.15) is 11.4 Å². The van der Waals surface area contributed by atoms with E-state index in [0.29, 0.717) is 23.8 Å². The summed E-state index contributed by atoms with van der Waals surface area (Å²) in [6, 6.07) is 13.4. The maximum atomic E-state index is 12.7. The lowest BCUT2D eigenvalue weighted by Gasteiger charge is -2.48. The largest absolute Gasteiger partial charge is 0.497 e. The molecule has 4 heterocycles. The number of hydrogen-bond acceptors (Lipinski definition) is 7. The molecule has 1 aromatic carbocycles. The van der Waals surface area contributed by atoms with E-state index in [1.807, 2.05) is 47.4 Å². The summed E-state index contributed by atoms with van der Waals surface area (Å²) in [7, 11) is 3.72. The number of rotatable bonds is 5. The minimum absolute atomic E-state index is 0.0834. The summed E-state index contributed by atoms with van der Waals surface area (Å²) in [6.07, 6.45) is 3.04. The quantitative estimate of drug-likeness (QED) is 0.628. The van der Waals surface area contributed by atoms with Crippen molar-refractivity contribution in [1.82, 2.24) is 24.9 Å². The minimum Gasteiger partial charge on any atom is -0.497 e. The Kier molecular flexibility index (Phi) is 4.94. The molecule has 1 atom stereocenters. The number of benzene rings is 1. The molecule has 2 fully saturated rings. The number of pyridine rings is 1. The molecule has 2 aliphatic rings. The van der Waals surface area contributed by atoms with Gasteiger partial charge >= 0.3 is 0 Å². The van der Waals surface area contributed by atoms with E-state index in [0.717, 1.165) is 37.4 Å². The fourth-order valence-electron chi connectivity index (χ4n) is 4.72. The Bertz CT molecular complexity index is 1060. The van der Waals surface area contributed by atoms with E-state index < -0.39 is 0 Å². The van der Waals surface area contributed by atoms with Gasteiger partial charge in [-0.25, -0.2) is 0 Å². The zero-order valence-corrected chi connectivity index (χ0v) is 17.7. The molecule has 0 saturated carbocycles. The Balaban J connectivity index is 1.20. The summed E-state index contributed by atoms with van der Waals surface area (Å²) in [5.41, 5.74) is 1.78. The van der Waals surface area contributed by atoms with Gasteiger partial charge in [0.05, 0.1) is 19.6 Å². The monoisotopic (exact) mass is 419 g/mol. The molecule has 8 heteroatoms. The highest BCUT2D eigenvalue weighted by molar-refractivity contribution is 5.79. The first kappa shape index (κ1) is 19.7. The average Bonchev–Trinajstić information content (AvgIpc) is 3.38. The van der Waals surface area contributed by atoms with Crippen LogP contribution in [0.15, 0.2) is 53.2 Å². The molecule has 1 spiro atoms. The Morgan fingerprint density at radius 3 is 2.71 bits per heavy atom. The van der Waals surface area contributed by atoms with Gasteiger partial charge < -0.3 is 14.2 Å². The Morgan fingerprint density at radius 1 is 1.19 bits per heavy atom. The molecular weight excluding hydrogens is 394 g/mol. The van der Waals surface area contributed by atoms with Crippen LogP contribution in [0.3, 0.4) is 0 Å². The normalized spacial score (nSPS) is 20.1. The van der Waals surface area contributed by atoms with Crippen LogP contribution in [0, 0.1) is 5.41 Å². The van der Waals surface area contributed by atoms with Crippen molar-refractivity contribution in [1.29, 1.82) is 0 Å². The summed E-state index contributed by atoms with van der Waals surface area (Å²) in [5, 5.41) is 4.21. The van der Waals surface area contributed by atoms with Crippen LogP contribution in [0.2, 0.25) is 0 Å². The number of ether oxygens (including phenoxy) is 1. The summed E-state index contributed by atoms with van der Waals surface area (Å²) >= 11 is 0. The Morgan fingerprint density at radius 2 is 2.00 bits per heavy atom. The van der Waals surface area contributed by atoms with Crippen molar-refractivity contribution in [3.8, 4) is 17.3 Å². The zero-order valence-electron chi connectivity index (χ0n) is 17.7. The molecule has 2 saturated heterocycles. The van der Waals surface area contributed by atoms with Crippen LogP contribution in [-0.2, 0) is 11.2 Å². The highest BCUT2D eigenvalue weighted by atomic mass is 16.5. The lowest BCUT2D eigenvalue weighted by Crippen LogP contribution is -2.59. The van der Waals surface area contributed by atoms with Crippen LogP contribution >= 0.6 is 0 Å². The van der Waals surface area contributed by atoms with Gasteiger partial charge in [0.15, 0.2) is 5.82 Å². The molecular formula is C23H25N5O3. The van der Waals surface area contributed by atoms with Gasteiger partial charge in [0.25, 0.3) is 5.89 Å². The van der Waals surface area contributed by atoms with Crippen LogP contribution in [0.4, 0.5) is 0 Å². The smallest absolute Gasteiger partial charge is 0.276 e. The molecule has 3 aromatic rings. The third-order valence-electron chi connectivity index (χ3n) is 6.29. The van der Waals surface area contributed by atoms with Gasteiger partial charge in [0, 0.05) is 31.2 Å². The maximum Gasteiger partial charge on any atom is 0.276 e. The van der Waals surface area contributed by atoms with Gasteiger partial charge in [-0.2, -0.15) is 4.98 Å². The molecule has 0 radical (unpaired) electrons. The number of hydrogen-bond donors (Lipinski definition) is 0. The molecule has 1 unspecified atom stereocenters. The van der Waals surface area contributed by atoms with Gasteiger partial charge in [-0.3, -0.25) is 14.7 Å². The van der Waals surface area contributed by atoms with Crippen LogP contribution < -0.4 is 4.74 Å². The van der Waals surface area contributed by atoms with Crippen LogP contribution in [0.25, 0.3) is 11.6 Å². The standard InChI is InChI=1S/C23H25N5O3/c1-27-13-23(12-19(27)21-25-22(31-26-21)18-5-3-4-10-24-18)14-28(15-23)20(29)11-16-6-8-17(30-2)9-7-16/h3-10,19H,11-15H2,1-2H3. The third-order valence-corrected chi connectivity index (χ3v) is 6.29. The minimum atomic E-state index is 0.0834. The maximum absolute atomic E-state index is 12.7. The molecule has 0 aliphatic carbocycles. The van der Waals surface area contributed by atoms with E-state index >= 15 is 0 Å². The average molecular weight is 419 g/mol. The number of amides is 1. The van der Waals surface area contributed by atoms with Crippen molar-refractivity contribution in [2.24, 2.45) is 5.41 Å². The van der Waals surface area contributed by atoms with E-state index in [-0.39, 0.29) is 17.4 Å². The van der Waals surface area contributed by atoms with Crippen molar-refractivity contribution >= 4 is 5.91 Å². The Labute approximate surface area is 180 Å². The Hall–Kier alpha value is -3.26. The SMILES string of the molecule is COc1ccc(CC(=O)N2CC3(CC(c4noc(-c5ccccn5)n4)N(C)C3)C2)cc1. The highest BCUT2D eigenvalue weighted by Gasteiger charge is 2.52. The van der Waals surface area contributed by atoms with E-state index in [4.69, 9.17) is 9.26 Å². The molecule has 5 rings (SSSR count).